The van der Waals surface area contributed by atoms with Gasteiger partial charge in [0.25, 0.3) is 5.91 Å². The number of aryl methyl sites for hydroxylation is 1. The van der Waals surface area contributed by atoms with Crippen LogP contribution in [0.4, 0.5) is 0 Å². The molecular weight excluding hydrogens is 478 g/mol. The third kappa shape index (κ3) is 5.08. The summed E-state index contributed by atoms with van der Waals surface area (Å²) in [6.07, 6.45) is 6.31. The van der Waals surface area contributed by atoms with Crippen molar-refractivity contribution in [3.63, 3.8) is 0 Å². The zero-order chi connectivity index (χ0) is 27.6. The monoisotopic (exact) mass is 515 g/mol. The molecule has 3 heterocycles. The van der Waals surface area contributed by atoms with Gasteiger partial charge >= 0.3 is 0 Å². The molecule has 38 heavy (non-hydrogen) atoms. The van der Waals surface area contributed by atoms with Crippen LogP contribution in [0, 0.1) is 12.8 Å². The summed E-state index contributed by atoms with van der Waals surface area (Å²) in [5, 5.41) is 3.01. The maximum absolute atomic E-state index is 13.8. The van der Waals surface area contributed by atoms with Crippen molar-refractivity contribution >= 4 is 17.7 Å². The number of hydrogen-bond acceptors (Lipinski definition) is 4. The van der Waals surface area contributed by atoms with Crippen molar-refractivity contribution < 1.29 is 14.4 Å². The number of rotatable bonds is 9. The van der Waals surface area contributed by atoms with Crippen LogP contribution in [-0.2, 0) is 28.0 Å². The molecule has 0 spiro atoms. The van der Waals surface area contributed by atoms with Gasteiger partial charge in [0.1, 0.15) is 12.1 Å². The molecule has 200 valence electrons. The standard InChI is InChI=1S/C30H37N5O3/c1-7-22-17-35(29(37)24(22)8-2)27(19(3)4)30(38)34-15-9-10-25(34)28(36)31-16-21-11-13-23(14-12-21)26-20(5)33(6)18-32-26/h7-8,11-14,18-19,25,27H,1-2,9-10,15-17H2,3-6H3,(H,31,36). The van der Waals surface area contributed by atoms with Gasteiger partial charge in [-0.1, -0.05) is 63.4 Å². The van der Waals surface area contributed by atoms with Crippen molar-refractivity contribution in [1.82, 2.24) is 24.7 Å². The molecule has 1 fully saturated rings. The molecule has 4 rings (SSSR count). The maximum Gasteiger partial charge on any atom is 0.255 e. The van der Waals surface area contributed by atoms with Crippen LogP contribution >= 0.6 is 0 Å². The largest absolute Gasteiger partial charge is 0.350 e. The Balaban J connectivity index is 1.42. The summed E-state index contributed by atoms with van der Waals surface area (Å²) >= 11 is 0. The minimum absolute atomic E-state index is 0.118. The van der Waals surface area contributed by atoms with Gasteiger partial charge in [-0.25, -0.2) is 4.98 Å². The van der Waals surface area contributed by atoms with Crippen molar-refractivity contribution in [2.45, 2.75) is 52.2 Å². The minimum Gasteiger partial charge on any atom is -0.350 e. The lowest BCUT2D eigenvalue weighted by Gasteiger charge is -2.35. The molecule has 1 aromatic heterocycles. The third-order valence-electron chi connectivity index (χ3n) is 7.61. The quantitative estimate of drug-likeness (QED) is 0.554. The fraction of sp³-hybridized carbons (Fsp3) is 0.400. The van der Waals surface area contributed by atoms with Crippen molar-refractivity contribution in [3.8, 4) is 11.3 Å². The van der Waals surface area contributed by atoms with Gasteiger partial charge in [0.2, 0.25) is 11.8 Å². The molecule has 0 aliphatic carbocycles. The predicted molar refractivity (Wildman–Crippen MR) is 148 cm³/mol. The van der Waals surface area contributed by atoms with Crippen LogP contribution < -0.4 is 5.32 Å². The zero-order valence-corrected chi connectivity index (χ0v) is 22.7. The molecule has 2 atom stereocenters. The highest BCUT2D eigenvalue weighted by molar-refractivity contribution is 6.03. The summed E-state index contributed by atoms with van der Waals surface area (Å²) in [5.41, 5.74) is 5.27. The molecule has 2 aromatic rings. The van der Waals surface area contributed by atoms with Crippen LogP contribution in [0.15, 0.2) is 67.0 Å². The Morgan fingerprint density at radius 2 is 1.89 bits per heavy atom. The normalized spacial score (nSPS) is 18.3. The molecule has 2 aliphatic rings. The molecule has 8 nitrogen and oxygen atoms in total. The molecular formula is C30H37N5O3. The van der Waals surface area contributed by atoms with E-state index < -0.39 is 12.1 Å². The molecule has 0 bridgehead atoms. The lowest BCUT2D eigenvalue weighted by atomic mass is 10.00. The van der Waals surface area contributed by atoms with Crippen molar-refractivity contribution in [2.75, 3.05) is 13.1 Å². The van der Waals surface area contributed by atoms with Gasteiger partial charge in [-0.3, -0.25) is 14.4 Å². The van der Waals surface area contributed by atoms with Crippen molar-refractivity contribution in [1.29, 1.82) is 0 Å². The molecule has 8 heteroatoms. The Hall–Kier alpha value is -3.94. The smallest absolute Gasteiger partial charge is 0.255 e. The number of carbonyl (C=O) groups excluding carboxylic acids is 3. The lowest BCUT2D eigenvalue weighted by Crippen LogP contribution is -2.55. The fourth-order valence-electron chi connectivity index (χ4n) is 5.36. The van der Waals surface area contributed by atoms with Gasteiger partial charge in [-0.15, -0.1) is 0 Å². The molecule has 2 aliphatic heterocycles. The minimum atomic E-state index is -0.661. The van der Waals surface area contributed by atoms with E-state index in [1.165, 1.54) is 6.08 Å². The summed E-state index contributed by atoms with van der Waals surface area (Å²) < 4.78 is 1.98. The van der Waals surface area contributed by atoms with Crippen LogP contribution in [0.2, 0.25) is 0 Å². The van der Waals surface area contributed by atoms with Gasteiger partial charge in [0.15, 0.2) is 0 Å². The van der Waals surface area contributed by atoms with E-state index >= 15 is 0 Å². The molecule has 0 radical (unpaired) electrons. The molecule has 0 saturated carbocycles. The Morgan fingerprint density at radius 3 is 2.45 bits per heavy atom. The third-order valence-corrected chi connectivity index (χ3v) is 7.61. The highest BCUT2D eigenvalue weighted by Crippen LogP contribution is 2.29. The average Bonchev–Trinajstić information content (AvgIpc) is 3.61. The second-order valence-electron chi connectivity index (χ2n) is 10.4. The van der Waals surface area contributed by atoms with Gasteiger partial charge in [0.05, 0.1) is 12.0 Å². The molecule has 3 amide bonds. The average molecular weight is 516 g/mol. The first-order valence-electron chi connectivity index (χ1n) is 13.1. The number of benzene rings is 1. The summed E-state index contributed by atoms with van der Waals surface area (Å²) in [7, 11) is 1.97. The Kier molecular flexibility index (Phi) is 7.99. The highest BCUT2D eigenvalue weighted by atomic mass is 16.2. The number of likely N-dealkylation sites (tertiary alicyclic amines) is 1. The summed E-state index contributed by atoms with van der Waals surface area (Å²) in [6.45, 7) is 14.6. The van der Waals surface area contributed by atoms with E-state index in [-0.39, 0.29) is 23.6 Å². The van der Waals surface area contributed by atoms with Gasteiger partial charge < -0.3 is 19.7 Å². The van der Waals surface area contributed by atoms with E-state index in [9.17, 15) is 14.4 Å². The SMILES string of the molecule is C=CC1=C(C=C)C(=O)N(C(C(=O)N2CCCC2C(=O)NCc2ccc(-c3ncn(C)c3C)cc2)C(C)C)C1. The number of carbonyl (C=O) groups is 3. The summed E-state index contributed by atoms with van der Waals surface area (Å²) in [4.78, 5) is 47.8. The van der Waals surface area contributed by atoms with E-state index in [1.807, 2.05) is 56.7 Å². The van der Waals surface area contributed by atoms with Crippen molar-refractivity contribution in [3.05, 3.63) is 78.3 Å². The maximum atomic E-state index is 13.8. The van der Waals surface area contributed by atoms with E-state index in [2.05, 4.69) is 23.5 Å². The van der Waals surface area contributed by atoms with Crippen LogP contribution in [0.3, 0.4) is 0 Å². The number of aromatic nitrogens is 2. The van der Waals surface area contributed by atoms with E-state index in [0.717, 1.165) is 34.5 Å². The van der Waals surface area contributed by atoms with Gasteiger partial charge in [0, 0.05) is 43.5 Å². The number of amides is 3. The second-order valence-corrected chi connectivity index (χ2v) is 10.4. The summed E-state index contributed by atoms with van der Waals surface area (Å²) in [5.74, 6) is -0.694. The first-order valence-corrected chi connectivity index (χ1v) is 13.1. The second kappa shape index (κ2) is 11.2. The number of hydrogen-bond donors (Lipinski definition) is 1. The Morgan fingerprint density at radius 1 is 1.18 bits per heavy atom. The van der Waals surface area contributed by atoms with Gasteiger partial charge in [-0.2, -0.15) is 0 Å². The van der Waals surface area contributed by atoms with Crippen molar-refractivity contribution in [2.24, 2.45) is 13.0 Å². The summed E-state index contributed by atoms with van der Waals surface area (Å²) in [6, 6.07) is 6.76. The van der Waals surface area contributed by atoms with E-state index in [0.29, 0.717) is 31.6 Å². The van der Waals surface area contributed by atoms with Crippen LogP contribution in [-0.4, -0.2) is 62.2 Å². The zero-order valence-electron chi connectivity index (χ0n) is 22.7. The lowest BCUT2D eigenvalue weighted by molar-refractivity contribution is -0.147. The number of imidazole rings is 1. The first-order chi connectivity index (χ1) is 18.2. The Bertz CT molecular complexity index is 1290. The van der Waals surface area contributed by atoms with Crippen LogP contribution in [0.25, 0.3) is 11.3 Å². The molecule has 1 N–H and O–H groups in total. The molecule has 2 unspecified atom stereocenters. The van der Waals surface area contributed by atoms with Crippen LogP contribution in [0.1, 0.15) is 37.9 Å². The molecule has 1 saturated heterocycles. The number of nitrogens with zero attached hydrogens (tertiary/aromatic N) is 4. The van der Waals surface area contributed by atoms with E-state index in [4.69, 9.17) is 0 Å². The first kappa shape index (κ1) is 27.1. The number of nitrogens with one attached hydrogen (secondary N) is 1. The topological polar surface area (TPSA) is 87.5 Å². The fourth-order valence-corrected chi connectivity index (χ4v) is 5.36. The predicted octanol–water partition coefficient (Wildman–Crippen LogP) is 3.54. The highest BCUT2D eigenvalue weighted by Gasteiger charge is 2.43. The van der Waals surface area contributed by atoms with E-state index in [1.54, 1.807) is 22.2 Å². The molecule has 1 aromatic carbocycles. The van der Waals surface area contributed by atoms with Crippen LogP contribution in [0.5, 0.6) is 0 Å². The van der Waals surface area contributed by atoms with Gasteiger partial charge in [-0.05, 0) is 36.8 Å². The Labute approximate surface area is 224 Å².